The summed E-state index contributed by atoms with van der Waals surface area (Å²) in [6.07, 6.45) is 6.36. The number of halogens is 3. The Bertz CT molecular complexity index is 1330. The lowest BCUT2D eigenvalue weighted by Crippen LogP contribution is -2.25. The normalized spacial score (nSPS) is 17.6. The monoisotopic (exact) mass is 566 g/mol. The van der Waals surface area contributed by atoms with Crippen LogP contribution >= 0.6 is 0 Å². The summed E-state index contributed by atoms with van der Waals surface area (Å²) in [7, 11) is 0. The fourth-order valence-electron chi connectivity index (χ4n) is 5.34. The molecule has 0 aromatic heterocycles. The van der Waals surface area contributed by atoms with Gasteiger partial charge in [-0.2, -0.15) is 4.39 Å². The quantitative estimate of drug-likeness (QED) is 0.103. The highest BCUT2D eigenvalue weighted by Crippen LogP contribution is 2.39. The molecule has 1 aliphatic carbocycles. The second kappa shape index (κ2) is 14.4. The molecule has 3 aromatic rings. The summed E-state index contributed by atoms with van der Waals surface area (Å²) in [5.41, 5.74) is 1.78. The van der Waals surface area contributed by atoms with Gasteiger partial charge in [-0.3, -0.25) is 4.79 Å². The number of aliphatic hydroxyl groups is 1. The first-order valence-corrected chi connectivity index (χ1v) is 14.3. The molecular weight excluding hydrogens is 529 g/mol. The molecule has 7 heteroatoms. The predicted octanol–water partition coefficient (Wildman–Crippen LogP) is 8.83. The molecule has 0 heterocycles. The molecule has 0 amide bonds. The summed E-state index contributed by atoms with van der Waals surface area (Å²) >= 11 is 0. The Morgan fingerprint density at radius 3 is 2.41 bits per heavy atom. The molecule has 1 aliphatic rings. The topological polar surface area (TPSA) is 55.8 Å². The van der Waals surface area contributed by atoms with Crippen LogP contribution in [0, 0.1) is 23.4 Å². The Labute approximate surface area is 239 Å². The van der Waals surface area contributed by atoms with Gasteiger partial charge < -0.3 is 14.6 Å². The molecule has 1 fully saturated rings. The van der Waals surface area contributed by atoms with E-state index in [0.717, 1.165) is 19.3 Å². The summed E-state index contributed by atoms with van der Waals surface area (Å²) in [5, 5.41) is 10.1. The van der Waals surface area contributed by atoms with Crippen LogP contribution in [0.3, 0.4) is 0 Å². The predicted molar refractivity (Wildman–Crippen MR) is 153 cm³/mol. The minimum atomic E-state index is -1.23. The van der Waals surface area contributed by atoms with Crippen molar-refractivity contribution in [2.24, 2.45) is 5.92 Å². The average molecular weight is 567 g/mol. The van der Waals surface area contributed by atoms with Gasteiger partial charge in [0.05, 0.1) is 18.6 Å². The van der Waals surface area contributed by atoms with Crippen LogP contribution in [0.2, 0.25) is 0 Å². The maximum Gasteiger partial charge on any atom is 0.314 e. The van der Waals surface area contributed by atoms with Gasteiger partial charge in [0.1, 0.15) is 11.6 Å². The van der Waals surface area contributed by atoms with E-state index in [4.69, 9.17) is 9.47 Å². The number of rotatable bonds is 12. The molecule has 3 aromatic carbocycles. The van der Waals surface area contributed by atoms with Crippen molar-refractivity contribution < 1.29 is 32.5 Å². The summed E-state index contributed by atoms with van der Waals surface area (Å²) in [6, 6.07) is 14.2. The number of hydrogen-bond donors (Lipinski definition) is 1. The van der Waals surface area contributed by atoms with Crippen LogP contribution in [0.5, 0.6) is 11.5 Å². The van der Waals surface area contributed by atoms with Crippen molar-refractivity contribution >= 4 is 5.97 Å². The molecule has 1 N–H and O–H groups in total. The number of aliphatic hydroxyl groups excluding tert-OH is 1. The number of ether oxygens (including phenoxy) is 2. The standard InChI is InChI=1S/C34H37F3O4/c1-3-5-6-20-40-26-16-17-27(29(35)21-26)22-10-14-25(15-11-22)34(39)41-31-19-18-28(32(36)33(31)37)23-8-12-24(13-9-23)30(38)7-4-2/h3,8-9,12-13,16-19,21-22,25,30,38H,1,4-7,10-11,14-15,20H2,2H3. The number of unbranched alkanes of at least 4 members (excludes halogenated alkanes) is 1. The molecule has 0 spiro atoms. The van der Waals surface area contributed by atoms with Gasteiger partial charge in [0.2, 0.25) is 5.82 Å². The van der Waals surface area contributed by atoms with E-state index in [-0.39, 0.29) is 17.3 Å². The van der Waals surface area contributed by atoms with Crippen LogP contribution in [-0.4, -0.2) is 17.7 Å². The van der Waals surface area contributed by atoms with Crippen molar-refractivity contribution in [3.05, 3.63) is 95.8 Å². The second-order valence-corrected chi connectivity index (χ2v) is 10.6. The number of benzene rings is 3. The number of carbonyl (C=O) groups excluding carboxylic acids is 1. The van der Waals surface area contributed by atoms with E-state index in [1.807, 2.05) is 13.0 Å². The number of carbonyl (C=O) groups is 1. The highest BCUT2D eigenvalue weighted by atomic mass is 19.2. The lowest BCUT2D eigenvalue weighted by Gasteiger charge is -2.28. The lowest BCUT2D eigenvalue weighted by atomic mass is 9.78. The van der Waals surface area contributed by atoms with Gasteiger partial charge in [-0.05, 0) is 85.8 Å². The fraction of sp³-hybridized carbons (Fsp3) is 0.382. The summed E-state index contributed by atoms with van der Waals surface area (Å²) in [5.74, 6) is -3.78. The van der Waals surface area contributed by atoms with Gasteiger partial charge in [-0.1, -0.05) is 49.8 Å². The van der Waals surface area contributed by atoms with E-state index < -0.39 is 35.4 Å². The van der Waals surface area contributed by atoms with Crippen LogP contribution in [-0.2, 0) is 4.79 Å². The Morgan fingerprint density at radius 2 is 1.76 bits per heavy atom. The molecule has 218 valence electrons. The van der Waals surface area contributed by atoms with E-state index in [2.05, 4.69) is 6.58 Å². The molecule has 0 aliphatic heterocycles. The fourth-order valence-corrected chi connectivity index (χ4v) is 5.34. The van der Waals surface area contributed by atoms with Crippen molar-refractivity contribution in [2.45, 2.75) is 70.3 Å². The first-order chi connectivity index (χ1) is 19.8. The molecule has 4 nitrogen and oxygen atoms in total. The highest BCUT2D eigenvalue weighted by molar-refractivity contribution is 5.76. The van der Waals surface area contributed by atoms with Crippen LogP contribution in [0.15, 0.2) is 67.3 Å². The first-order valence-electron chi connectivity index (χ1n) is 14.3. The molecule has 4 rings (SSSR count). The Kier molecular flexibility index (Phi) is 10.6. The molecule has 1 saturated carbocycles. The van der Waals surface area contributed by atoms with Gasteiger partial charge in [0, 0.05) is 11.6 Å². The van der Waals surface area contributed by atoms with Gasteiger partial charge in [0.25, 0.3) is 0 Å². The number of hydrogen-bond acceptors (Lipinski definition) is 4. The minimum absolute atomic E-state index is 0.0366. The molecule has 1 atom stereocenters. The van der Waals surface area contributed by atoms with Crippen molar-refractivity contribution in [2.75, 3.05) is 6.61 Å². The van der Waals surface area contributed by atoms with Crippen molar-refractivity contribution in [1.29, 1.82) is 0 Å². The highest BCUT2D eigenvalue weighted by Gasteiger charge is 2.31. The van der Waals surface area contributed by atoms with Gasteiger partial charge in [-0.25, -0.2) is 8.78 Å². The summed E-state index contributed by atoms with van der Waals surface area (Å²) in [6.45, 7) is 6.13. The van der Waals surface area contributed by atoms with E-state index in [1.165, 1.54) is 18.2 Å². The van der Waals surface area contributed by atoms with Gasteiger partial charge >= 0.3 is 5.97 Å². The van der Waals surface area contributed by atoms with E-state index in [1.54, 1.807) is 36.4 Å². The molecule has 0 bridgehead atoms. The minimum Gasteiger partial charge on any atom is -0.493 e. The number of allylic oxidation sites excluding steroid dienone is 1. The van der Waals surface area contributed by atoms with Gasteiger partial charge in [0.15, 0.2) is 11.6 Å². The second-order valence-electron chi connectivity index (χ2n) is 10.6. The van der Waals surface area contributed by atoms with Crippen molar-refractivity contribution in [3.8, 4) is 22.6 Å². The maximum atomic E-state index is 15.0. The third-order valence-electron chi connectivity index (χ3n) is 7.72. The SMILES string of the molecule is C=CCCCOc1ccc(C2CCC(C(=O)Oc3ccc(-c4ccc(C(O)CCC)cc4)c(F)c3F)CC2)c(F)c1. The Balaban J connectivity index is 1.34. The van der Waals surface area contributed by atoms with E-state index >= 15 is 0 Å². The Hall–Kier alpha value is -3.58. The van der Waals surface area contributed by atoms with Crippen LogP contribution in [0.1, 0.15) is 81.4 Å². The van der Waals surface area contributed by atoms with Crippen molar-refractivity contribution in [3.63, 3.8) is 0 Å². The lowest BCUT2D eigenvalue weighted by molar-refractivity contribution is -0.140. The van der Waals surface area contributed by atoms with Crippen LogP contribution in [0.4, 0.5) is 13.2 Å². The molecule has 0 radical (unpaired) electrons. The third kappa shape index (κ3) is 7.59. The molecule has 0 saturated heterocycles. The largest absolute Gasteiger partial charge is 0.493 e. The zero-order valence-corrected chi connectivity index (χ0v) is 23.4. The molecular formula is C34H37F3O4. The zero-order valence-electron chi connectivity index (χ0n) is 23.4. The summed E-state index contributed by atoms with van der Waals surface area (Å²) < 4.78 is 55.6. The van der Waals surface area contributed by atoms with Crippen molar-refractivity contribution in [1.82, 2.24) is 0 Å². The van der Waals surface area contributed by atoms with Crippen LogP contribution in [0.25, 0.3) is 11.1 Å². The number of esters is 1. The van der Waals surface area contributed by atoms with E-state index in [0.29, 0.717) is 61.2 Å². The van der Waals surface area contributed by atoms with Gasteiger partial charge in [-0.15, -0.1) is 6.58 Å². The molecule has 41 heavy (non-hydrogen) atoms. The molecule has 1 unspecified atom stereocenters. The Morgan fingerprint density at radius 1 is 1.02 bits per heavy atom. The van der Waals surface area contributed by atoms with E-state index in [9.17, 15) is 23.1 Å². The average Bonchev–Trinajstić information content (AvgIpc) is 2.98. The van der Waals surface area contributed by atoms with Crippen LogP contribution < -0.4 is 9.47 Å². The smallest absolute Gasteiger partial charge is 0.314 e. The summed E-state index contributed by atoms with van der Waals surface area (Å²) in [4.78, 5) is 12.8. The first kappa shape index (κ1) is 30.4. The third-order valence-corrected chi connectivity index (χ3v) is 7.72. The maximum absolute atomic E-state index is 15.0. The zero-order chi connectivity index (χ0) is 29.4.